The number of carbonyl (C=O) groups excluding carboxylic acids is 2. The standard InChI is InChI=1S/C8H15NO6/c1-4(12)9-5(2-10)7(14)8(15)6(13)3-11/h2,5-8,11,13-15H,3H2,1H3,(H,9,12)/t5-,6-,7-,8+/m1/s1/i2+1. The molecule has 0 aromatic heterocycles. The average molecular weight is 222 g/mol. The van der Waals surface area contributed by atoms with Crippen LogP contribution < -0.4 is 5.32 Å². The summed E-state index contributed by atoms with van der Waals surface area (Å²) >= 11 is 0. The van der Waals surface area contributed by atoms with E-state index in [1.54, 1.807) is 0 Å². The minimum atomic E-state index is -1.71. The number of carbonyl (C=O) groups is 2. The van der Waals surface area contributed by atoms with Crippen molar-refractivity contribution in [3.05, 3.63) is 0 Å². The molecule has 0 fully saturated rings. The molecule has 4 atom stereocenters. The van der Waals surface area contributed by atoms with Gasteiger partial charge in [0, 0.05) is 6.92 Å². The van der Waals surface area contributed by atoms with Crippen molar-refractivity contribution in [1.82, 2.24) is 5.32 Å². The second kappa shape index (κ2) is 6.46. The number of amides is 1. The third-order valence-corrected chi connectivity index (χ3v) is 1.82. The Balaban J connectivity index is 4.42. The van der Waals surface area contributed by atoms with E-state index < -0.39 is 36.9 Å². The fraction of sp³-hybridized carbons (Fsp3) is 0.750. The first-order valence-corrected chi connectivity index (χ1v) is 4.31. The van der Waals surface area contributed by atoms with Crippen LogP contribution in [-0.4, -0.2) is 63.6 Å². The molecular weight excluding hydrogens is 207 g/mol. The summed E-state index contributed by atoms with van der Waals surface area (Å²) in [6.07, 6.45) is -4.72. The number of hydrogen-bond acceptors (Lipinski definition) is 6. The van der Waals surface area contributed by atoms with Gasteiger partial charge in [0.25, 0.3) is 0 Å². The van der Waals surface area contributed by atoms with E-state index in [0.717, 1.165) is 6.92 Å². The van der Waals surface area contributed by atoms with Crippen molar-refractivity contribution < 1.29 is 30.0 Å². The highest BCUT2D eigenvalue weighted by Gasteiger charge is 2.31. The number of rotatable bonds is 6. The quantitative estimate of drug-likeness (QED) is 0.237. The monoisotopic (exact) mass is 222 g/mol. The van der Waals surface area contributed by atoms with Crippen LogP contribution in [-0.2, 0) is 9.59 Å². The molecule has 0 spiro atoms. The Bertz CT molecular complexity index is 221. The summed E-state index contributed by atoms with van der Waals surface area (Å²) in [6, 6.07) is -1.32. The molecule has 0 aliphatic heterocycles. The fourth-order valence-electron chi connectivity index (χ4n) is 0.983. The molecule has 7 nitrogen and oxygen atoms in total. The zero-order valence-corrected chi connectivity index (χ0v) is 8.20. The summed E-state index contributed by atoms with van der Waals surface area (Å²) in [5.41, 5.74) is 0. The maximum Gasteiger partial charge on any atom is 0.217 e. The minimum Gasteiger partial charge on any atom is -0.394 e. The first-order chi connectivity index (χ1) is 6.93. The summed E-state index contributed by atoms with van der Waals surface area (Å²) in [6.45, 7) is 0.377. The molecule has 0 aliphatic carbocycles. The maximum absolute atomic E-state index is 10.6. The summed E-state index contributed by atoms with van der Waals surface area (Å²) < 4.78 is 0. The van der Waals surface area contributed by atoms with Crippen molar-refractivity contribution >= 4 is 12.2 Å². The van der Waals surface area contributed by atoms with Gasteiger partial charge in [0.15, 0.2) is 0 Å². The van der Waals surface area contributed by atoms with Crippen LogP contribution in [0.3, 0.4) is 0 Å². The second-order valence-corrected chi connectivity index (χ2v) is 3.09. The van der Waals surface area contributed by atoms with Crippen LogP contribution in [0.1, 0.15) is 6.92 Å². The highest BCUT2D eigenvalue weighted by molar-refractivity contribution is 5.77. The fourth-order valence-corrected chi connectivity index (χ4v) is 0.983. The van der Waals surface area contributed by atoms with Gasteiger partial charge in [-0.05, 0) is 0 Å². The molecule has 0 saturated carbocycles. The Morgan fingerprint density at radius 1 is 1.33 bits per heavy atom. The maximum atomic E-state index is 10.6. The van der Waals surface area contributed by atoms with Gasteiger partial charge in [-0.15, -0.1) is 0 Å². The van der Waals surface area contributed by atoms with Gasteiger partial charge in [-0.25, -0.2) is 0 Å². The van der Waals surface area contributed by atoms with E-state index in [-0.39, 0.29) is 6.29 Å². The number of aldehydes is 1. The second-order valence-electron chi connectivity index (χ2n) is 3.09. The third-order valence-electron chi connectivity index (χ3n) is 1.82. The number of hydrogen-bond donors (Lipinski definition) is 5. The Labute approximate surface area is 86.3 Å². The van der Waals surface area contributed by atoms with E-state index >= 15 is 0 Å². The van der Waals surface area contributed by atoms with Crippen LogP contribution in [0.25, 0.3) is 0 Å². The highest BCUT2D eigenvalue weighted by atomic mass is 16.4. The van der Waals surface area contributed by atoms with Crippen LogP contribution in [0, 0.1) is 0 Å². The smallest absolute Gasteiger partial charge is 0.217 e. The molecule has 88 valence electrons. The summed E-state index contributed by atoms with van der Waals surface area (Å²) in [7, 11) is 0. The molecule has 0 aliphatic rings. The van der Waals surface area contributed by atoms with Crippen LogP contribution in [0.15, 0.2) is 0 Å². The lowest BCUT2D eigenvalue weighted by molar-refractivity contribution is -0.129. The van der Waals surface area contributed by atoms with Crippen molar-refractivity contribution in [3.8, 4) is 0 Å². The molecule has 1 amide bonds. The molecular formula is C8H15NO6. The van der Waals surface area contributed by atoms with Crippen LogP contribution in [0.5, 0.6) is 0 Å². The van der Waals surface area contributed by atoms with Crippen LogP contribution >= 0.6 is 0 Å². The normalized spacial score (nSPS) is 18.7. The molecule has 7 heteroatoms. The van der Waals surface area contributed by atoms with E-state index in [9.17, 15) is 19.8 Å². The van der Waals surface area contributed by atoms with Crippen molar-refractivity contribution in [3.63, 3.8) is 0 Å². The van der Waals surface area contributed by atoms with Crippen molar-refractivity contribution in [2.24, 2.45) is 0 Å². The van der Waals surface area contributed by atoms with E-state index in [1.807, 2.05) is 0 Å². The molecule has 0 heterocycles. The summed E-state index contributed by atoms with van der Waals surface area (Å²) in [5, 5.41) is 38.2. The van der Waals surface area contributed by atoms with Crippen LogP contribution in [0.4, 0.5) is 0 Å². The first kappa shape index (κ1) is 14.0. The zero-order valence-electron chi connectivity index (χ0n) is 8.20. The molecule has 0 aromatic carbocycles. The number of nitrogens with one attached hydrogen (secondary N) is 1. The number of aliphatic hydroxyl groups is 4. The van der Waals surface area contributed by atoms with E-state index in [2.05, 4.69) is 5.32 Å². The Hall–Kier alpha value is -1.02. The lowest BCUT2D eigenvalue weighted by atomic mass is 10.1. The Kier molecular flexibility index (Phi) is 6.02. The largest absolute Gasteiger partial charge is 0.394 e. The lowest BCUT2D eigenvalue weighted by Gasteiger charge is -2.25. The predicted octanol–water partition coefficient (Wildman–Crippen LogP) is -3.23. The molecule has 0 aromatic rings. The highest BCUT2D eigenvalue weighted by Crippen LogP contribution is 2.03. The summed E-state index contributed by atoms with van der Waals surface area (Å²) in [5.74, 6) is -0.558. The van der Waals surface area contributed by atoms with Gasteiger partial charge in [0.05, 0.1) is 6.61 Å². The molecule has 0 saturated heterocycles. The molecule has 0 rings (SSSR count). The first-order valence-electron chi connectivity index (χ1n) is 4.31. The van der Waals surface area contributed by atoms with Gasteiger partial charge >= 0.3 is 0 Å². The topological polar surface area (TPSA) is 127 Å². The van der Waals surface area contributed by atoms with Crippen molar-refractivity contribution in [1.29, 1.82) is 0 Å². The molecule has 5 N–H and O–H groups in total. The van der Waals surface area contributed by atoms with Gasteiger partial charge in [0.2, 0.25) is 5.91 Å². The molecule has 15 heavy (non-hydrogen) atoms. The van der Waals surface area contributed by atoms with Gasteiger partial charge in [-0.2, -0.15) is 0 Å². The Morgan fingerprint density at radius 3 is 2.20 bits per heavy atom. The van der Waals surface area contributed by atoms with Crippen molar-refractivity contribution in [2.75, 3.05) is 6.61 Å². The van der Waals surface area contributed by atoms with Crippen LogP contribution in [0.2, 0.25) is 0 Å². The van der Waals surface area contributed by atoms with E-state index in [1.165, 1.54) is 0 Å². The van der Waals surface area contributed by atoms with Gasteiger partial charge < -0.3 is 30.5 Å². The third kappa shape index (κ3) is 4.34. The molecule has 0 bridgehead atoms. The Morgan fingerprint density at radius 2 is 1.87 bits per heavy atom. The lowest BCUT2D eigenvalue weighted by Crippen LogP contribution is -2.53. The summed E-state index contributed by atoms with van der Waals surface area (Å²) in [4.78, 5) is 21.1. The predicted molar refractivity (Wildman–Crippen MR) is 48.8 cm³/mol. The van der Waals surface area contributed by atoms with E-state index in [0.29, 0.717) is 0 Å². The molecule has 0 radical (unpaired) electrons. The molecule has 0 unspecified atom stereocenters. The van der Waals surface area contributed by atoms with Gasteiger partial charge in [-0.3, -0.25) is 4.79 Å². The average Bonchev–Trinajstić information content (AvgIpc) is 2.22. The van der Waals surface area contributed by atoms with Gasteiger partial charge in [0.1, 0.15) is 30.6 Å². The number of aliphatic hydroxyl groups excluding tert-OH is 4. The minimum absolute atomic E-state index is 0.235. The zero-order chi connectivity index (χ0) is 12.0. The van der Waals surface area contributed by atoms with E-state index in [4.69, 9.17) is 10.2 Å². The van der Waals surface area contributed by atoms with Gasteiger partial charge in [-0.1, -0.05) is 0 Å². The SMILES string of the molecule is CC(=O)N[C@H]([13CH]=O)[C@@H](O)[C@@H](O)[C@H](O)CO. The van der Waals surface area contributed by atoms with Crippen molar-refractivity contribution in [2.45, 2.75) is 31.3 Å².